The Morgan fingerprint density at radius 3 is 2.52 bits per heavy atom. The molecule has 4 nitrogen and oxygen atoms in total. The van der Waals surface area contributed by atoms with Crippen LogP contribution in [0.1, 0.15) is 47.5 Å². The number of halogens is 1. The summed E-state index contributed by atoms with van der Waals surface area (Å²) in [6.07, 6.45) is 4.08. The molecule has 146 valence electrons. The molecule has 2 aliphatic rings. The molecule has 3 rings (SSSR count). The van der Waals surface area contributed by atoms with E-state index in [9.17, 15) is 4.39 Å². The van der Waals surface area contributed by atoms with Crippen molar-refractivity contribution in [3.05, 3.63) is 58.8 Å². The van der Waals surface area contributed by atoms with Crippen molar-refractivity contribution in [1.82, 2.24) is 15.2 Å². The Labute approximate surface area is 162 Å². The number of allylic oxidation sites excluding steroid dienone is 3. The van der Waals surface area contributed by atoms with E-state index in [0.717, 1.165) is 18.8 Å². The fraction of sp³-hybridized carbons (Fsp3) is 0.500. The van der Waals surface area contributed by atoms with Crippen molar-refractivity contribution in [3.63, 3.8) is 0 Å². The molecule has 0 amide bonds. The highest BCUT2D eigenvalue weighted by molar-refractivity contribution is 5.49. The van der Waals surface area contributed by atoms with E-state index in [2.05, 4.69) is 56.4 Å². The molecule has 1 aliphatic carbocycles. The van der Waals surface area contributed by atoms with E-state index in [4.69, 9.17) is 0 Å². The van der Waals surface area contributed by atoms with Crippen LogP contribution in [-0.4, -0.2) is 35.2 Å². The molecule has 1 aliphatic heterocycles. The van der Waals surface area contributed by atoms with Gasteiger partial charge in [-0.05, 0) is 65.2 Å². The van der Waals surface area contributed by atoms with E-state index < -0.39 is 0 Å². The third-order valence-corrected chi connectivity index (χ3v) is 5.62. The highest BCUT2D eigenvalue weighted by Gasteiger charge is 2.37. The van der Waals surface area contributed by atoms with Crippen LogP contribution >= 0.6 is 0 Å². The molecule has 2 heterocycles. The molecule has 0 bridgehead atoms. The summed E-state index contributed by atoms with van der Waals surface area (Å²) in [5, 5.41) is 3.67. The lowest BCUT2D eigenvalue weighted by Gasteiger charge is -2.27. The maximum atomic E-state index is 14.1. The van der Waals surface area contributed by atoms with Crippen molar-refractivity contribution in [3.8, 4) is 0 Å². The topological polar surface area (TPSA) is 31.4 Å². The third-order valence-electron chi connectivity index (χ3n) is 5.62. The van der Waals surface area contributed by atoms with Crippen molar-refractivity contribution in [2.75, 3.05) is 24.7 Å². The zero-order valence-electron chi connectivity index (χ0n) is 17.2. The number of nitrogens with one attached hydrogen (secondary N) is 1. The Hall–Kier alpha value is -2.30. The normalized spacial score (nSPS) is 18.9. The maximum absolute atomic E-state index is 14.1. The monoisotopic (exact) mass is 370 g/mol. The predicted molar refractivity (Wildman–Crippen MR) is 110 cm³/mol. The fourth-order valence-electron chi connectivity index (χ4n) is 3.68. The smallest absolute Gasteiger partial charge is 0.166 e. The van der Waals surface area contributed by atoms with Gasteiger partial charge < -0.3 is 15.1 Å². The van der Waals surface area contributed by atoms with Crippen molar-refractivity contribution >= 4 is 5.82 Å². The molecule has 0 atom stereocenters. The lowest BCUT2D eigenvalue weighted by Crippen LogP contribution is -2.29. The summed E-state index contributed by atoms with van der Waals surface area (Å²) in [7, 11) is 0. The van der Waals surface area contributed by atoms with Crippen molar-refractivity contribution in [2.24, 2.45) is 0 Å². The van der Waals surface area contributed by atoms with Crippen LogP contribution in [0.3, 0.4) is 0 Å². The second-order valence-electron chi connectivity index (χ2n) is 8.23. The average molecular weight is 371 g/mol. The quantitative estimate of drug-likeness (QED) is 0.743. The lowest BCUT2D eigenvalue weighted by atomic mass is 9.97. The van der Waals surface area contributed by atoms with Gasteiger partial charge in [0.25, 0.3) is 0 Å². The molecule has 0 unspecified atom stereocenters. The standard InChI is InChI=1S/C22H31FN4/c1-15(2)20(16(3)17(4)25-22(6)9-10-22)18(5)26-12-13-27(14-26)21-19(23)8-7-11-24-21/h7-8,11,25H,5,9-10,12-14H2,1-4,6H3/b17-16-. The minimum absolute atomic E-state index is 0.250. The van der Waals surface area contributed by atoms with Gasteiger partial charge in [-0.3, -0.25) is 0 Å². The average Bonchev–Trinajstić information content (AvgIpc) is 3.14. The lowest BCUT2D eigenvalue weighted by molar-refractivity contribution is 0.437. The maximum Gasteiger partial charge on any atom is 0.166 e. The number of pyridine rings is 1. The molecule has 1 aromatic rings. The first kappa shape index (κ1) is 19.5. The van der Waals surface area contributed by atoms with E-state index in [1.54, 1.807) is 12.3 Å². The number of rotatable bonds is 6. The van der Waals surface area contributed by atoms with Crippen LogP contribution in [0.25, 0.3) is 0 Å². The number of anilines is 1. The van der Waals surface area contributed by atoms with Crippen LogP contribution in [0, 0.1) is 5.82 Å². The SMILES string of the molecule is C=C(C(=C(C)C)/C(C)=C(/C)NC1(C)CC1)N1CCN(c2ncccc2F)C1. The molecule has 5 heteroatoms. The van der Waals surface area contributed by atoms with Crippen molar-refractivity contribution in [1.29, 1.82) is 0 Å². The van der Waals surface area contributed by atoms with Gasteiger partial charge in [-0.25, -0.2) is 9.37 Å². The van der Waals surface area contributed by atoms with Gasteiger partial charge in [0.2, 0.25) is 0 Å². The van der Waals surface area contributed by atoms with Crippen LogP contribution in [-0.2, 0) is 0 Å². The van der Waals surface area contributed by atoms with Crippen LogP contribution in [0.5, 0.6) is 0 Å². The van der Waals surface area contributed by atoms with Gasteiger partial charge in [-0.15, -0.1) is 0 Å². The number of hydrogen-bond acceptors (Lipinski definition) is 4. The van der Waals surface area contributed by atoms with Crippen LogP contribution < -0.4 is 10.2 Å². The number of nitrogens with zero attached hydrogens (tertiary/aromatic N) is 3. The zero-order valence-corrected chi connectivity index (χ0v) is 17.2. The molecule has 0 spiro atoms. The first-order valence-electron chi connectivity index (χ1n) is 9.65. The van der Waals surface area contributed by atoms with Gasteiger partial charge in [-0.2, -0.15) is 0 Å². The van der Waals surface area contributed by atoms with Crippen LogP contribution in [0.4, 0.5) is 10.2 Å². The molecule has 27 heavy (non-hydrogen) atoms. The summed E-state index contributed by atoms with van der Waals surface area (Å²) in [5.41, 5.74) is 6.11. The van der Waals surface area contributed by atoms with E-state index in [-0.39, 0.29) is 11.4 Å². The van der Waals surface area contributed by atoms with E-state index in [0.29, 0.717) is 12.5 Å². The number of hydrogen-bond donors (Lipinski definition) is 1. The first-order valence-corrected chi connectivity index (χ1v) is 9.65. The molecule has 1 N–H and O–H groups in total. The summed E-state index contributed by atoms with van der Waals surface area (Å²) in [6.45, 7) is 17.4. The highest BCUT2D eigenvalue weighted by atomic mass is 19.1. The van der Waals surface area contributed by atoms with Gasteiger partial charge >= 0.3 is 0 Å². The summed E-state index contributed by atoms with van der Waals surface area (Å²) in [6, 6.07) is 3.08. The Morgan fingerprint density at radius 2 is 1.93 bits per heavy atom. The van der Waals surface area contributed by atoms with Gasteiger partial charge in [0.1, 0.15) is 0 Å². The van der Waals surface area contributed by atoms with Gasteiger partial charge in [0.15, 0.2) is 11.6 Å². The molecule has 0 aromatic carbocycles. The molecule has 0 radical (unpaired) electrons. The Bertz CT molecular complexity index is 800. The first-order chi connectivity index (χ1) is 12.7. The second-order valence-corrected chi connectivity index (χ2v) is 8.23. The summed E-state index contributed by atoms with van der Waals surface area (Å²) < 4.78 is 14.1. The summed E-state index contributed by atoms with van der Waals surface area (Å²) in [5.74, 6) is 0.138. The largest absolute Gasteiger partial charge is 0.383 e. The fourth-order valence-corrected chi connectivity index (χ4v) is 3.68. The Morgan fingerprint density at radius 1 is 1.22 bits per heavy atom. The van der Waals surface area contributed by atoms with Gasteiger partial charge in [0.05, 0.1) is 6.67 Å². The van der Waals surface area contributed by atoms with E-state index >= 15 is 0 Å². The minimum atomic E-state index is -0.277. The molecule has 2 fully saturated rings. The van der Waals surface area contributed by atoms with Crippen LogP contribution in [0.15, 0.2) is 53.0 Å². The van der Waals surface area contributed by atoms with Crippen molar-refractivity contribution in [2.45, 2.75) is 53.0 Å². The van der Waals surface area contributed by atoms with Crippen LogP contribution in [0.2, 0.25) is 0 Å². The van der Waals surface area contributed by atoms with E-state index in [1.807, 2.05) is 4.90 Å². The second kappa shape index (κ2) is 7.37. The summed E-state index contributed by atoms with van der Waals surface area (Å²) >= 11 is 0. The van der Waals surface area contributed by atoms with Crippen molar-refractivity contribution < 1.29 is 4.39 Å². The Kier molecular flexibility index (Phi) is 5.31. The molecule has 1 saturated heterocycles. The van der Waals surface area contributed by atoms with Gasteiger partial charge in [0, 0.05) is 41.8 Å². The summed E-state index contributed by atoms with van der Waals surface area (Å²) in [4.78, 5) is 8.39. The molecular weight excluding hydrogens is 339 g/mol. The van der Waals surface area contributed by atoms with Gasteiger partial charge in [-0.1, -0.05) is 12.2 Å². The molecule has 1 aromatic heterocycles. The molecule has 1 saturated carbocycles. The zero-order chi connectivity index (χ0) is 19.8. The number of aromatic nitrogens is 1. The third kappa shape index (κ3) is 4.18. The molecular formula is C22H31FN4. The minimum Gasteiger partial charge on any atom is -0.383 e. The Balaban J connectivity index is 1.78. The van der Waals surface area contributed by atoms with E-state index in [1.165, 1.54) is 41.3 Å². The highest BCUT2D eigenvalue weighted by Crippen LogP contribution is 2.37. The predicted octanol–water partition coefficient (Wildman–Crippen LogP) is 4.59.